The van der Waals surface area contributed by atoms with Crippen molar-refractivity contribution >= 4 is 5.96 Å². The molecule has 1 aliphatic heterocycles. The second-order valence-corrected chi connectivity index (χ2v) is 6.40. The first kappa shape index (κ1) is 18.8. The molecule has 1 atom stereocenters. The third-order valence-corrected chi connectivity index (χ3v) is 4.29. The van der Waals surface area contributed by atoms with Crippen LogP contribution in [-0.2, 0) is 11.2 Å². The average Bonchev–Trinajstić information content (AvgIpc) is 3.13. The van der Waals surface area contributed by atoms with Crippen molar-refractivity contribution in [2.45, 2.75) is 64.4 Å². The maximum atomic E-state index is 5.78. The Bertz CT molecular complexity index is 439. The van der Waals surface area contributed by atoms with E-state index >= 15 is 0 Å². The van der Waals surface area contributed by atoms with Gasteiger partial charge in [-0.1, -0.05) is 13.3 Å². The molecule has 5 nitrogen and oxygen atoms in total. The van der Waals surface area contributed by atoms with Crippen LogP contribution in [0, 0.1) is 0 Å². The molecule has 2 heterocycles. The lowest BCUT2D eigenvalue weighted by atomic mass is 10.1. The van der Waals surface area contributed by atoms with E-state index in [1.54, 1.807) is 6.26 Å². The van der Waals surface area contributed by atoms with E-state index in [4.69, 9.17) is 14.1 Å². The largest absolute Gasteiger partial charge is 0.469 e. The maximum Gasteiger partial charge on any atom is 0.191 e. The highest BCUT2D eigenvalue weighted by Gasteiger charge is 2.12. The average molecular weight is 335 g/mol. The van der Waals surface area contributed by atoms with Crippen LogP contribution in [0.1, 0.15) is 57.6 Å². The molecule has 1 fully saturated rings. The topological polar surface area (TPSA) is 58.8 Å². The fraction of sp³-hybridized carbons (Fsp3) is 0.737. The van der Waals surface area contributed by atoms with E-state index in [2.05, 4.69) is 17.6 Å². The molecule has 1 aromatic rings. The number of hydrogen-bond donors (Lipinski definition) is 2. The Labute approximate surface area is 146 Å². The predicted octanol–water partition coefficient (Wildman–Crippen LogP) is 3.51. The van der Waals surface area contributed by atoms with E-state index in [0.717, 1.165) is 63.6 Å². The van der Waals surface area contributed by atoms with Gasteiger partial charge in [0.1, 0.15) is 5.76 Å². The standard InChI is InChI=1S/C19H33N3O2/c1-2-3-12-20-19(22-14-11-18-10-7-16-24-18)21-13-6-9-17-8-4-5-15-23-17/h7,10,16-17H,2-6,8-9,11-15H2,1H3,(H2,20,21,22). The first-order valence-corrected chi connectivity index (χ1v) is 9.54. The summed E-state index contributed by atoms with van der Waals surface area (Å²) >= 11 is 0. The molecule has 136 valence electrons. The highest BCUT2D eigenvalue weighted by molar-refractivity contribution is 5.79. The summed E-state index contributed by atoms with van der Waals surface area (Å²) in [6.45, 7) is 5.78. The smallest absolute Gasteiger partial charge is 0.191 e. The van der Waals surface area contributed by atoms with Crippen molar-refractivity contribution < 1.29 is 9.15 Å². The molecule has 0 aromatic carbocycles. The Balaban J connectivity index is 1.66. The van der Waals surface area contributed by atoms with Crippen LogP contribution in [0.2, 0.25) is 0 Å². The van der Waals surface area contributed by atoms with Crippen LogP contribution < -0.4 is 10.6 Å². The summed E-state index contributed by atoms with van der Waals surface area (Å²) in [7, 11) is 0. The number of unbranched alkanes of at least 4 members (excludes halogenated alkanes) is 1. The van der Waals surface area contributed by atoms with Gasteiger partial charge in [-0.05, 0) is 50.7 Å². The number of guanidine groups is 1. The summed E-state index contributed by atoms with van der Waals surface area (Å²) in [5, 5.41) is 6.82. The molecule has 1 saturated heterocycles. The Morgan fingerprint density at radius 1 is 1.25 bits per heavy atom. The first-order chi connectivity index (χ1) is 11.9. The number of nitrogens with zero attached hydrogens (tertiary/aromatic N) is 1. The highest BCUT2D eigenvalue weighted by atomic mass is 16.5. The zero-order chi connectivity index (χ0) is 16.9. The second kappa shape index (κ2) is 12.0. The van der Waals surface area contributed by atoms with Crippen LogP contribution >= 0.6 is 0 Å². The summed E-state index contributed by atoms with van der Waals surface area (Å²) in [4.78, 5) is 4.71. The van der Waals surface area contributed by atoms with Crippen LogP contribution in [-0.4, -0.2) is 38.3 Å². The third-order valence-electron chi connectivity index (χ3n) is 4.29. The number of aliphatic imine (C=N–C) groups is 1. The molecule has 1 aliphatic rings. The molecule has 5 heteroatoms. The van der Waals surface area contributed by atoms with Crippen molar-refractivity contribution in [1.82, 2.24) is 10.6 Å². The lowest BCUT2D eigenvalue weighted by Gasteiger charge is -2.22. The third kappa shape index (κ3) is 7.86. The predicted molar refractivity (Wildman–Crippen MR) is 98.5 cm³/mol. The van der Waals surface area contributed by atoms with Gasteiger partial charge in [-0.15, -0.1) is 0 Å². The van der Waals surface area contributed by atoms with Gasteiger partial charge in [0.25, 0.3) is 0 Å². The zero-order valence-electron chi connectivity index (χ0n) is 15.1. The van der Waals surface area contributed by atoms with E-state index in [0.29, 0.717) is 6.10 Å². The summed E-state index contributed by atoms with van der Waals surface area (Å²) < 4.78 is 11.1. The van der Waals surface area contributed by atoms with Crippen LogP contribution in [0.3, 0.4) is 0 Å². The normalized spacial score (nSPS) is 18.5. The SMILES string of the molecule is CCCCNC(=NCCCC1CCCCO1)NCCc1ccco1. The molecule has 0 aliphatic carbocycles. The van der Waals surface area contributed by atoms with Crippen molar-refractivity contribution in [1.29, 1.82) is 0 Å². The molecule has 0 saturated carbocycles. The quantitative estimate of drug-likeness (QED) is 0.390. The number of furan rings is 1. The van der Waals surface area contributed by atoms with Gasteiger partial charge in [0.2, 0.25) is 0 Å². The zero-order valence-corrected chi connectivity index (χ0v) is 15.1. The molecule has 0 amide bonds. The van der Waals surface area contributed by atoms with Crippen molar-refractivity contribution in [3.8, 4) is 0 Å². The molecular formula is C19H33N3O2. The Kier molecular flexibility index (Phi) is 9.39. The Morgan fingerprint density at radius 3 is 2.92 bits per heavy atom. The van der Waals surface area contributed by atoms with Gasteiger partial charge >= 0.3 is 0 Å². The van der Waals surface area contributed by atoms with Crippen molar-refractivity contribution in [3.63, 3.8) is 0 Å². The van der Waals surface area contributed by atoms with Gasteiger partial charge in [0.05, 0.1) is 12.4 Å². The highest BCUT2D eigenvalue weighted by Crippen LogP contribution is 2.16. The monoisotopic (exact) mass is 335 g/mol. The van der Waals surface area contributed by atoms with Crippen molar-refractivity contribution in [2.75, 3.05) is 26.2 Å². The van der Waals surface area contributed by atoms with Gasteiger partial charge in [0, 0.05) is 32.7 Å². The molecule has 24 heavy (non-hydrogen) atoms. The van der Waals surface area contributed by atoms with Gasteiger partial charge < -0.3 is 19.8 Å². The van der Waals surface area contributed by atoms with Gasteiger partial charge in [-0.2, -0.15) is 0 Å². The van der Waals surface area contributed by atoms with Crippen LogP contribution in [0.4, 0.5) is 0 Å². The molecule has 0 bridgehead atoms. The number of hydrogen-bond acceptors (Lipinski definition) is 3. The lowest BCUT2D eigenvalue weighted by Crippen LogP contribution is -2.39. The van der Waals surface area contributed by atoms with Crippen molar-refractivity contribution in [3.05, 3.63) is 24.2 Å². The summed E-state index contributed by atoms with van der Waals surface area (Å²) in [6, 6.07) is 3.93. The fourth-order valence-corrected chi connectivity index (χ4v) is 2.86. The minimum atomic E-state index is 0.456. The Morgan fingerprint density at radius 2 is 2.17 bits per heavy atom. The van der Waals surface area contributed by atoms with E-state index in [1.807, 2.05) is 12.1 Å². The van der Waals surface area contributed by atoms with Gasteiger partial charge in [-0.3, -0.25) is 4.99 Å². The first-order valence-electron chi connectivity index (χ1n) is 9.54. The van der Waals surface area contributed by atoms with E-state index < -0.39 is 0 Å². The molecule has 2 N–H and O–H groups in total. The Hall–Kier alpha value is -1.49. The van der Waals surface area contributed by atoms with Gasteiger partial charge in [-0.25, -0.2) is 0 Å². The second-order valence-electron chi connectivity index (χ2n) is 6.40. The van der Waals surface area contributed by atoms with Crippen LogP contribution in [0.25, 0.3) is 0 Å². The number of nitrogens with one attached hydrogen (secondary N) is 2. The van der Waals surface area contributed by atoms with E-state index in [9.17, 15) is 0 Å². The molecule has 1 aromatic heterocycles. The summed E-state index contributed by atoms with van der Waals surface area (Å²) in [5.74, 6) is 1.92. The maximum absolute atomic E-state index is 5.78. The van der Waals surface area contributed by atoms with Crippen LogP contribution in [0.5, 0.6) is 0 Å². The number of ether oxygens (including phenoxy) is 1. The molecule has 2 rings (SSSR count). The number of rotatable bonds is 10. The van der Waals surface area contributed by atoms with Crippen molar-refractivity contribution in [2.24, 2.45) is 4.99 Å². The molecule has 1 unspecified atom stereocenters. The van der Waals surface area contributed by atoms with E-state index in [1.165, 1.54) is 25.7 Å². The molecule has 0 radical (unpaired) electrons. The molecule has 0 spiro atoms. The van der Waals surface area contributed by atoms with E-state index in [-0.39, 0.29) is 0 Å². The molecular weight excluding hydrogens is 302 g/mol. The lowest BCUT2D eigenvalue weighted by molar-refractivity contribution is 0.0105. The summed E-state index contributed by atoms with van der Waals surface area (Å²) in [5.41, 5.74) is 0. The van der Waals surface area contributed by atoms with Gasteiger partial charge in [0.15, 0.2) is 5.96 Å². The minimum absolute atomic E-state index is 0.456. The minimum Gasteiger partial charge on any atom is -0.469 e. The van der Waals surface area contributed by atoms with Crippen LogP contribution in [0.15, 0.2) is 27.8 Å². The fourth-order valence-electron chi connectivity index (χ4n) is 2.86. The summed E-state index contributed by atoms with van der Waals surface area (Å²) in [6.07, 6.45) is 11.4.